The van der Waals surface area contributed by atoms with Crippen LogP contribution in [0.3, 0.4) is 0 Å². The summed E-state index contributed by atoms with van der Waals surface area (Å²) in [5.74, 6) is -2.69. The van der Waals surface area contributed by atoms with Gasteiger partial charge in [-0.2, -0.15) is 8.42 Å². The zero-order valence-electron chi connectivity index (χ0n) is 14.3. The topological polar surface area (TPSA) is 121 Å². The summed E-state index contributed by atoms with van der Waals surface area (Å²) in [6, 6.07) is 9.61. The molecule has 0 spiro atoms. The van der Waals surface area contributed by atoms with Crippen molar-refractivity contribution in [1.29, 1.82) is 0 Å². The molecule has 0 heterocycles. The second kappa shape index (κ2) is 8.29. The van der Waals surface area contributed by atoms with Crippen molar-refractivity contribution in [2.45, 2.75) is 32.2 Å². The number of hydrogen-bond donors (Lipinski definition) is 3. The Labute approximate surface area is 151 Å². The van der Waals surface area contributed by atoms with E-state index in [1.807, 2.05) is 31.2 Å². The van der Waals surface area contributed by atoms with E-state index in [0.717, 1.165) is 17.4 Å². The maximum Gasteiger partial charge on any atom is 0.326 e. The summed E-state index contributed by atoms with van der Waals surface area (Å²) >= 11 is 0. The van der Waals surface area contributed by atoms with Crippen molar-refractivity contribution < 1.29 is 27.7 Å². The highest BCUT2D eigenvalue weighted by Gasteiger charge is 2.24. The average molecular weight is 379 g/mol. The lowest BCUT2D eigenvalue weighted by molar-refractivity contribution is -0.139. The van der Waals surface area contributed by atoms with E-state index in [0.29, 0.717) is 17.4 Å². The Morgan fingerprint density at radius 3 is 2.46 bits per heavy atom. The molecular weight excluding hydrogens is 358 g/mol. The number of nitrogens with one attached hydrogen (secondary N) is 1. The standard InChI is InChI=1S/C18H21NO6S/c1-2-5-13-9-8-12-6-3-4-7-14(12)16(13)17(20)19-15(18(21)22)10-11-26(23,24)25/h3-4,6-9,15H,2,5,10-11H2,1H3,(H,19,20)(H,21,22)(H,23,24,25)/t15-/m0/s1. The largest absolute Gasteiger partial charge is 0.480 e. The van der Waals surface area contributed by atoms with Crippen molar-refractivity contribution in [2.24, 2.45) is 0 Å². The Kier molecular flexibility index (Phi) is 6.33. The second-order valence-corrected chi connectivity index (χ2v) is 7.58. The predicted molar refractivity (Wildman–Crippen MR) is 97.9 cm³/mol. The van der Waals surface area contributed by atoms with Crippen molar-refractivity contribution >= 4 is 32.8 Å². The molecule has 0 aromatic heterocycles. The van der Waals surface area contributed by atoms with Crippen LogP contribution in [-0.4, -0.2) is 41.7 Å². The number of benzene rings is 2. The molecule has 2 aromatic carbocycles. The van der Waals surface area contributed by atoms with Crippen LogP contribution in [0.1, 0.15) is 35.7 Å². The Morgan fingerprint density at radius 1 is 1.15 bits per heavy atom. The van der Waals surface area contributed by atoms with Crippen molar-refractivity contribution in [1.82, 2.24) is 5.32 Å². The molecule has 0 aliphatic carbocycles. The fraction of sp³-hybridized carbons (Fsp3) is 0.333. The summed E-state index contributed by atoms with van der Waals surface area (Å²) in [6.07, 6.45) is 1.04. The number of rotatable bonds is 8. The van der Waals surface area contributed by atoms with E-state index in [1.165, 1.54) is 0 Å². The Morgan fingerprint density at radius 2 is 1.85 bits per heavy atom. The van der Waals surface area contributed by atoms with Gasteiger partial charge in [0.25, 0.3) is 16.0 Å². The first-order valence-corrected chi connectivity index (χ1v) is 9.83. The van der Waals surface area contributed by atoms with Gasteiger partial charge in [-0.1, -0.05) is 49.7 Å². The third kappa shape index (κ3) is 5.03. The Bertz CT molecular complexity index is 922. The van der Waals surface area contributed by atoms with E-state index in [-0.39, 0.29) is 0 Å². The molecule has 0 saturated carbocycles. The van der Waals surface area contributed by atoms with Gasteiger partial charge in [0, 0.05) is 0 Å². The fourth-order valence-electron chi connectivity index (χ4n) is 2.82. The van der Waals surface area contributed by atoms with Gasteiger partial charge in [0.2, 0.25) is 0 Å². The summed E-state index contributed by atoms with van der Waals surface area (Å²) in [6.45, 7) is 1.98. The molecule has 3 N–H and O–H groups in total. The van der Waals surface area contributed by atoms with Crippen LogP contribution < -0.4 is 5.32 Å². The molecule has 1 atom stereocenters. The SMILES string of the molecule is CCCc1ccc2ccccc2c1C(=O)N[C@@H](CCS(=O)(=O)O)C(=O)O. The smallest absolute Gasteiger partial charge is 0.326 e. The van der Waals surface area contributed by atoms with Crippen LogP contribution in [0.25, 0.3) is 10.8 Å². The van der Waals surface area contributed by atoms with Gasteiger partial charge in [0.1, 0.15) is 6.04 Å². The van der Waals surface area contributed by atoms with Crippen LogP contribution >= 0.6 is 0 Å². The first-order valence-electron chi connectivity index (χ1n) is 8.22. The molecule has 0 aliphatic rings. The minimum absolute atomic E-state index is 0.392. The predicted octanol–water partition coefficient (Wildman–Crippen LogP) is 2.25. The molecule has 0 radical (unpaired) electrons. The van der Waals surface area contributed by atoms with Gasteiger partial charge in [0.15, 0.2) is 0 Å². The highest BCUT2D eigenvalue weighted by molar-refractivity contribution is 7.85. The van der Waals surface area contributed by atoms with E-state index in [1.54, 1.807) is 12.1 Å². The monoisotopic (exact) mass is 379 g/mol. The van der Waals surface area contributed by atoms with Crippen LogP contribution in [0.15, 0.2) is 36.4 Å². The third-order valence-corrected chi connectivity index (χ3v) is 4.78. The van der Waals surface area contributed by atoms with Crippen molar-refractivity contribution in [3.8, 4) is 0 Å². The van der Waals surface area contributed by atoms with Crippen LogP contribution in [0.4, 0.5) is 0 Å². The molecule has 7 nitrogen and oxygen atoms in total. The normalized spacial score (nSPS) is 12.7. The van der Waals surface area contributed by atoms with E-state index in [9.17, 15) is 23.1 Å². The van der Waals surface area contributed by atoms with Gasteiger partial charge in [-0.15, -0.1) is 0 Å². The van der Waals surface area contributed by atoms with Crippen molar-refractivity contribution in [2.75, 3.05) is 5.75 Å². The minimum Gasteiger partial charge on any atom is -0.480 e. The summed E-state index contributed by atoms with van der Waals surface area (Å²) in [5.41, 5.74) is 1.19. The molecule has 140 valence electrons. The van der Waals surface area contributed by atoms with Gasteiger partial charge in [-0.25, -0.2) is 4.79 Å². The number of carbonyl (C=O) groups excluding carboxylic acids is 1. The molecule has 0 fully saturated rings. The van der Waals surface area contributed by atoms with Crippen LogP contribution in [0, 0.1) is 0 Å². The van der Waals surface area contributed by atoms with E-state index in [4.69, 9.17) is 4.55 Å². The molecule has 2 aromatic rings. The molecule has 0 bridgehead atoms. The minimum atomic E-state index is -4.32. The summed E-state index contributed by atoms with van der Waals surface area (Å²) in [4.78, 5) is 24.2. The van der Waals surface area contributed by atoms with E-state index in [2.05, 4.69) is 5.32 Å². The lowest BCUT2D eigenvalue weighted by atomic mass is 9.95. The average Bonchev–Trinajstić information content (AvgIpc) is 2.57. The first-order chi connectivity index (χ1) is 12.2. The Hall–Kier alpha value is -2.45. The lowest BCUT2D eigenvalue weighted by Crippen LogP contribution is -2.42. The quantitative estimate of drug-likeness (QED) is 0.605. The first kappa shape index (κ1) is 19.9. The number of amides is 1. The van der Waals surface area contributed by atoms with Crippen LogP contribution in [0.5, 0.6) is 0 Å². The summed E-state index contributed by atoms with van der Waals surface area (Å²) < 4.78 is 30.6. The highest BCUT2D eigenvalue weighted by atomic mass is 32.2. The van der Waals surface area contributed by atoms with Crippen LogP contribution in [-0.2, 0) is 21.3 Å². The summed E-state index contributed by atoms with van der Waals surface area (Å²) in [5, 5.41) is 13.2. The summed E-state index contributed by atoms with van der Waals surface area (Å²) in [7, 11) is -4.32. The molecule has 8 heteroatoms. The zero-order chi connectivity index (χ0) is 19.3. The second-order valence-electron chi connectivity index (χ2n) is 6.01. The molecule has 2 rings (SSSR count). The van der Waals surface area contributed by atoms with Gasteiger partial charge in [0.05, 0.1) is 11.3 Å². The van der Waals surface area contributed by atoms with Gasteiger partial charge in [-0.3, -0.25) is 9.35 Å². The number of carbonyl (C=O) groups is 2. The van der Waals surface area contributed by atoms with E-state index < -0.39 is 40.2 Å². The fourth-order valence-corrected chi connectivity index (χ4v) is 3.35. The van der Waals surface area contributed by atoms with Gasteiger partial charge < -0.3 is 10.4 Å². The third-order valence-electron chi connectivity index (χ3n) is 4.03. The Balaban J connectivity index is 2.37. The zero-order valence-corrected chi connectivity index (χ0v) is 15.1. The number of carboxylic acids is 1. The molecule has 1 amide bonds. The van der Waals surface area contributed by atoms with Crippen molar-refractivity contribution in [3.63, 3.8) is 0 Å². The van der Waals surface area contributed by atoms with Crippen molar-refractivity contribution in [3.05, 3.63) is 47.5 Å². The number of carboxylic acid groups (broad SMARTS) is 1. The van der Waals surface area contributed by atoms with Gasteiger partial charge >= 0.3 is 5.97 Å². The lowest BCUT2D eigenvalue weighted by Gasteiger charge is -2.17. The number of hydrogen-bond acceptors (Lipinski definition) is 4. The number of aliphatic carboxylic acids is 1. The van der Waals surface area contributed by atoms with Crippen LogP contribution in [0.2, 0.25) is 0 Å². The number of fused-ring (bicyclic) bond motifs is 1. The molecule has 0 aliphatic heterocycles. The van der Waals surface area contributed by atoms with E-state index >= 15 is 0 Å². The maximum absolute atomic E-state index is 12.8. The molecule has 0 unspecified atom stereocenters. The molecule has 0 saturated heterocycles. The number of aryl methyl sites for hydroxylation is 1. The molecular formula is C18H21NO6S. The molecule has 26 heavy (non-hydrogen) atoms. The van der Waals surface area contributed by atoms with Gasteiger partial charge in [-0.05, 0) is 29.2 Å². The maximum atomic E-state index is 12.8. The highest BCUT2D eigenvalue weighted by Crippen LogP contribution is 2.24.